The number of benzene rings is 1. The number of ether oxygens (including phenoxy) is 1. The Hall–Kier alpha value is -1.39. The summed E-state index contributed by atoms with van der Waals surface area (Å²) in [6, 6.07) is 8.17. The molecule has 1 atom stereocenters. The molecule has 1 aromatic carbocycles. The first kappa shape index (κ1) is 15.0. The molecule has 4 heteroatoms. The van der Waals surface area contributed by atoms with Crippen molar-refractivity contribution in [3.63, 3.8) is 0 Å². The summed E-state index contributed by atoms with van der Waals surface area (Å²) in [6.07, 6.45) is 2.15. The van der Waals surface area contributed by atoms with E-state index in [1.807, 2.05) is 31.2 Å². The quantitative estimate of drug-likeness (QED) is 0.868. The van der Waals surface area contributed by atoms with Gasteiger partial charge in [0.1, 0.15) is 0 Å². The normalized spacial score (nSPS) is 17.7. The van der Waals surface area contributed by atoms with E-state index in [0.717, 1.165) is 37.3 Å². The minimum absolute atomic E-state index is 0.0122. The molecule has 2 N–H and O–H groups in total. The third-order valence-corrected chi connectivity index (χ3v) is 3.98. The first-order valence-corrected chi connectivity index (χ1v) is 7.33. The number of hydrogen-bond acceptors (Lipinski definition) is 3. The number of anilines is 1. The molecule has 1 aromatic rings. The fourth-order valence-corrected chi connectivity index (χ4v) is 2.54. The van der Waals surface area contributed by atoms with E-state index in [2.05, 4.69) is 17.6 Å². The van der Waals surface area contributed by atoms with E-state index in [1.165, 1.54) is 0 Å². The maximum absolute atomic E-state index is 12.0. The Morgan fingerprint density at radius 1 is 1.35 bits per heavy atom. The molecule has 0 saturated carbocycles. The molecule has 0 aromatic heterocycles. The minimum atomic E-state index is 0.0122. The summed E-state index contributed by atoms with van der Waals surface area (Å²) in [5.74, 6) is 0.619. The third kappa shape index (κ3) is 4.32. The van der Waals surface area contributed by atoms with Crippen LogP contribution in [-0.4, -0.2) is 31.7 Å². The molecule has 0 aliphatic carbocycles. The third-order valence-electron chi connectivity index (χ3n) is 3.98. The van der Waals surface area contributed by atoms with Crippen molar-refractivity contribution in [2.45, 2.75) is 32.7 Å². The number of nitrogens with one attached hydrogen (secondary N) is 2. The van der Waals surface area contributed by atoms with Crippen molar-refractivity contribution in [2.24, 2.45) is 5.92 Å². The van der Waals surface area contributed by atoms with E-state index in [1.54, 1.807) is 0 Å². The van der Waals surface area contributed by atoms with E-state index < -0.39 is 0 Å². The molecule has 110 valence electrons. The van der Waals surface area contributed by atoms with E-state index in [9.17, 15) is 4.79 Å². The van der Waals surface area contributed by atoms with Gasteiger partial charge in [-0.25, -0.2) is 0 Å². The second-order valence-corrected chi connectivity index (χ2v) is 5.48. The van der Waals surface area contributed by atoms with E-state index in [-0.39, 0.29) is 5.91 Å². The number of hydrogen-bond donors (Lipinski definition) is 2. The van der Waals surface area contributed by atoms with Crippen LogP contribution in [0.1, 0.15) is 25.3 Å². The summed E-state index contributed by atoms with van der Waals surface area (Å²) in [4.78, 5) is 12.0. The van der Waals surface area contributed by atoms with Gasteiger partial charge in [0.15, 0.2) is 0 Å². The van der Waals surface area contributed by atoms with Crippen LogP contribution in [0.15, 0.2) is 24.3 Å². The lowest BCUT2D eigenvalue weighted by molar-refractivity contribution is -0.115. The molecule has 1 aliphatic heterocycles. The number of para-hydroxylation sites is 1. The molecule has 1 fully saturated rings. The van der Waals surface area contributed by atoms with Crippen LogP contribution in [0.4, 0.5) is 5.69 Å². The molecule has 1 unspecified atom stereocenters. The molecule has 1 aliphatic rings. The van der Waals surface area contributed by atoms with Gasteiger partial charge in [-0.1, -0.05) is 18.2 Å². The first-order chi connectivity index (χ1) is 9.66. The maximum Gasteiger partial charge on any atom is 0.238 e. The fourth-order valence-electron chi connectivity index (χ4n) is 2.54. The van der Waals surface area contributed by atoms with Crippen molar-refractivity contribution in [3.8, 4) is 0 Å². The lowest BCUT2D eigenvalue weighted by atomic mass is 9.93. The number of carbonyl (C=O) groups excluding carboxylic acids is 1. The van der Waals surface area contributed by atoms with Crippen LogP contribution in [0.2, 0.25) is 0 Å². The van der Waals surface area contributed by atoms with E-state index >= 15 is 0 Å². The molecule has 1 heterocycles. The molecular formula is C16H24N2O2. The zero-order chi connectivity index (χ0) is 14.4. The topological polar surface area (TPSA) is 50.4 Å². The van der Waals surface area contributed by atoms with Crippen molar-refractivity contribution in [1.82, 2.24) is 5.32 Å². The molecule has 1 amide bonds. The zero-order valence-electron chi connectivity index (χ0n) is 12.3. The van der Waals surface area contributed by atoms with E-state index in [4.69, 9.17) is 4.74 Å². The molecule has 0 bridgehead atoms. The van der Waals surface area contributed by atoms with Gasteiger partial charge in [0, 0.05) is 24.9 Å². The van der Waals surface area contributed by atoms with Gasteiger partial charge in [0.2, 0.25) is 5.91 Å². The standard InChI is InChI=1S/C16H24N2O2/c1-12-5-3-4-6-15(12)18-16(19)11-17-13(2)14-7-9-20-10-8-14/h3-6,13-14,17H,7-11H2,1-2H3,(H,18,19). The van der Waals surface area contributed by atoms with Gasteiger partial charge in [-0.2, -0.15) is 0 Å². The first-order valence-electron chi connectivity index (χ1n) is 7.33. The molecule has 0 spiro atoms. The predicted molar refractivity (Wildman–Crippen MR) is 80.8 cm³/mol. The monoisotopic (exact) mass is 276 g/mol. The minimum Gasteiger partial charge on any atom is -0.381 e. The fraction of sp³-hybridized carbons (Fsp3) is 0.562. The highest BCUT2D eigenvalue weighted by molar-refractivity contribution is 5.92. The van der Waals surface area contributed by atoms with Crippen molar-refractivity contribution < 1.29 is 9.53 Å². The Balaban J connectivity index is 1.76. The van der Waals surface area contributed by atoms with Crippen molar-refractivity contribution in [2.75, 3.05) is 25.1 Å². The van der Waals surface area contributed by atoms with Crippen molar-refractivity contribution >= 4 is 11.6 Å². The highest BCUT2D eigenvalue weighted by Crippen LogP contribution is 2.18. The Morgan fingerprint density at radius 2 is 2.05 bits per heavy atom. The van der Waals surface area contributed by atoms with Crippen LogP contribution in [-0.2, 0) is 9.53 Å². The van der Waals surface area contributed by atoms with Gasteiger partial charge in [-0.05, 0) is 44.2 Å². The average Bonchev–Trinajstić information content (AvgIpc) is 2.48. The molecule has 1 saturated heterocycles. The van der Waals surface area contributed by atoms with Gasteiger partial charge in [-0.3, -0.25) is 4.79 Å². The number of amides is 1. The van der Waals surface area contributed by atoms with Crippen LogP contribution in [0.5, 0.6) is 0 Å². The Labute approximate surface area is 120 Å². The lowest BCUT2D eigenvalue weighted by Crippen LogP contribution is -2.40. The maximum atomic E-state index is 12.0. The Morgan fingerprint density at radius 3 is 2.75 bits per heavy atom. The second kappa shape index (κ2) is 7.41. The Bertz CT molecular complexity index is 442. The average molecular weight is 276 g/mol. The van der Waals surface area contributed by atoms with Crippen LogP contribution in [0.3, 0.4) is 0 Å². The van der Waals surface area contributed by atoms with E-state index in [0.29, 0.717) is 18.5 Å². The van der Waals surface area contributed by atoms with Crippen molar-refractivity contribution in [1.29, 1.82) is 0 Å². The highest BCUT2D eigenvalue weighted by atomic mass is 16.5. The summed E-state index contributed by atoms with van der Waals surface area (Å²) in [5.41, 5.74) is 1.97. The highest BCUT2D eigenvalue weighted by Gasteiger charge is 2.20. The second-order valence-electron chi connectivity index (χ2n) is 5.48. The molecule has 4 nitrogen and oxygen atoms in total. The summed E-state index contributed by atoms with van der Waals surface area (Å²) < 4.78 is 5.36. The summed E-state index contributed by atoms with van der Waals surface area (Å²) in [5, 5.41) is 6.27. The number of carbonyl (C=O) groups is 1. The summed E-state index contributed by atoms with van der Waals surface area (Å²) >= 11 is 0. The molecular weight excluding hydrogens is 252 g/mol. The van der Waals surface area contributed by atoms with Crippen LogP contribution >= 0.6 is 0 Å². The molecule has 2 rings (SSSR count). The number of rotatable bonds is 5. The van der Waals surface area contributed by atoms with Crippen molar-refractivity contribution in [3.05, 3.63) is 29.8 Å². The summed E-state index contributed by atoms with van der Waals surface area (Å²) in [7, 11) is 0. The van der Waals surface area contributed by atoms with Gasteiger partial charge in [-0.15, -0.1) is 0 Å². The predicted octanol–water partition coefficient (Wildman–Crippen LogP) is 2.34. The largest absolute Gasteiger partial charge is 0.381 e. The van der Waals surface area contributed by atoms with Crippen LogP contribution in [0.25, 0.3) is 0 Å². The van der Waals surface area contributed by atoms with Gasteiger partial charge >= 0.3 is 0 Å². The smallest absolute Gasteiger partial charge is 0.238 e. The molecule has 20 heavy (non-hydrogen) atoms. The van der Waals surface area contributed by atoms with Gasteiger partial charge in [0.05, 0.1) is 6.54 Å². The van der Waals surface area contributed by atoms with Crippen LogP contribution < -0.4 is 10.6 Å². The lowest BCUT2D eigenvalue weighted by Gasteiger charge is -2.28. The zero-order valence-corrected chi connectivity index (χ0v) is 12.3. The molecule has 0 radical (unpaired) electrons. The Kier molecular flexibility index (Phi) is 5.56. The van der Waals surface area contributed by atoms with Crippen LogP contribution in [0, 0.1) is 12.8 Å². The van der Waals surface area contributed by atoms with Gasteiger partial charge in [0.25, 0.3) is 0 Å². The summed E-state index contributed by atoms with van der Waals surface area (Å²) in [6.45, 7) is 6.18. The van der Waals surface area contributed by atoms with Gasteiger partial charge < -0.3 is 15.4 Å². The SMILES string of the molecule is Cc1ccccc1NC(=O)CNC(C)C1CCOCC1. The number of aryl methyl sites for hydroxylation is 1.